The van der Waals surface area contributed by atoms with E-state index in [0.29, 0.717) is 6.04 Å². The van der Waals surface area contributed by atoms with Crippen molar-refractivity contribution < 1.29 is 4.74 Å². The fourth-order valence-electron chi connectivity index (χ4n) is 2.61. The maximum Gasteiger partial charge on any atom is 0.0947 e. The summed E-state index contributed by atoms with van der Waals surface area (Å²) in [5.74, 6) is 0. The van der Waals surface area contributed by atoms with E-state index in [2.05, 4.69) is 30.7 Å². The molecule has 96 valence electrons. The number of rotatable bonds is 1. The van der Waals surface area contributed by atoms with E-state index < -0.39 is 0 Å². The lowest BCUT2D eigenvalue weighted by atomic mass is 10.00. The van der Waals surface area contributed by atoms with Crippen molar-refractivity contribution in [1.82, 2.24) is 9.80 Å². The van der Waals surface area contributed by atoms with Crippen LogP contribution in [0.25, 0.3) is 0 Å². The van der Waals surface area contributed by atoms with E-state index >= 15 is 0 Å². The topological polar surface area (TPSA) is 15.7 Å². The first-order chi connectivity index (χ1) is 7.61. The summed E-state index contributed by atoms with van der Waals surface area (Å²) in [5.41, 5.74) is 0.150. The van der Waals surface area contributed by atoms with E-state index in [9.17, 15) is 0 Å². The zero-order valence-electron chi connectivity index (χ0n) is 11.6. The number of nitrogens with zero attached hydrogens (tertiary/aromatic N) is 2. The molecule has 3 nitrogen and oxygen atoms in total. The van der Waals surface area contributed by atoms with Crippen LogP contribution < -0.4 is 0 Å². The fourth-order valence-corrected chi connectivity index (χ4v) is 2.61. The van der Waals surface area contributed by atoms with Crippen molar-refractivity contribution in [2.75, 3.05) is 39.8 Å². The number of likely N-dealkylation sites (tertiary alicyclic amines) is 1. The second kappa shape index (κ2) is 5.99. The van der Waals surface area contributed by atoms with Gasteiger partial charge in [-0.2, -0.15) is 0 Å². The van der Waals surface area contributed by atoms with Crippen molar-refractivity contribution in [3.8, 4) is 0 Å². The zero-order valence-corrected chi connectivity index (χ0v) is 11.6. The van der Waals surface area contributed by atoms with Gasteiger partial charge in [-0.05, 0) is 27.3 Å². The molecular formula is C13H28N2O. The van der Waals surface area contributed by atoms with Gasteiger partial charge in [0.25, 0.3) is 0 Å². The number of likely N-dealkylation sites (N-methyl/N-ethyl adjacent to an activating group) is 1. The molecule has 0 radical (unpaired) electrons. The monoisotopic (exact) mass is 228 g/mol. The number of hydrogen-bond acceptors (Lipinski definition) is 3. The zero-order chi connectivity index (χ0) is 12.2. The lowest BCUT2D eigenvalue weighted by Crippen LogP contribution is -2.54. The van der Waals surface area contributed by atoms with Gasteiger partial charge < -0.3 is 9.64 Å². The first-order valence-electron chi connectivity index (χ1n) is 6.68. The van der Waals surface area contributed by atoms with Gasteiger partial charge in [0.05, 0.1) is 12.2 Å². The molecule has 0 saturated carbocycles. The minimum Gasteiger partial charge on any atom is -0.371 e. The Morgan fingerprint density at radius 1 is 1.12 bits per heavy atom. The lowest BCUT2D eigenvalue weighted by Gasteiger charge is -2.42. The highest BCUT2D eigenvalue weighted by Crippen LogP contribution is 2.28. The molecule has 0 bridgehead atoms. The Labute approximate surface area is 101 Å². The van der Waals surface area contributed by atoms with Crippen LogP contribution in [0.1, 0.15) is 34.1 Å². The van der Waals surface area contributed by atoms with Crippen LogP contribution in [0.4, 0.5) is 0 Å². The molecule has 1 unspecified atom stereocenters. The Kier molecular flexibility index (Phi) is 5.22. The summed E-state index contributed by atoms with van der Waals surface area (Å²) < 4.78 is 5.99. The summed E-state index contributed by atoms with van der Waals surface area (Å²) >= 11 is 0. The molecule has 2 rings (SSSR count). The quantitative estimate of drug-likeness (QED) is 0.681. The van der Waals surface area contributed by atoms with Gasteiger partial charge >= 0.3 is 0 Å². The minimum absolute atomic E-state index is 0.150. The summed E-state index contributed by atoms with van der Waals surface area (Å²) in [5, 5.41) is 0. The van der Waals surface area contributed by atoms with E-state index in [1.165, 1.54) is 13.0 Å². The van der Waals surface area contributed by atoms with Gasteiger partial charge in [-0.1, -0.05) is 13.8 Å². The third kappa shape index (κ3) is 3.19. The average Bonchev–Trinajstić information content (AvgIpc) is 2.63. The van der Waals surface area contributed by atoms with Crippen LogP contribution in [0.5, 0.6) is 0 Å². The summed E-state index contributed by atoms with van der Waals surface area (Å²) in [6.45, 7) is 14.0. The molecule has 2 fully saturated rings. The van der Waals surface area contributed by atoms with Crippen LogP contribution in [0.2, 0.25) is 0 Å². The molecule has 2 aliphatic heterocycles. The third-order valence-electron chi connectivity index (χ3n) is 3.52. The predicted molar refractivity (Wildman–Crippen MR) is 68.9 cm³/mol. The number of hydrogen-bond donors (Lipinski definition) is 0. The number of ether oxygens (including phenoxy) is 1. The molecule has 0 N–H and O–H groups in total. The first-order valence-corrected chi connectivity index (χ1v) is 6.68. The van der Waals surface area contributed by atoms with Gasteiger partial charge in [0, 0.05) is 32.2 Å². The van der Waals surface area contributed by atoms with E-state index in [-0.39, 0.29) is 5.60 Å². The molecule has 2 heterocycles. The highest BCUT2D eigenvalue weighted by Gasteiger charge is 2.41. The van der Waals surface area contributed by atoms with Crippen LogP contribution in [0, 0.1) is 0 Å². The van der Waals surface area contributed by atoms with Crippen molar-refractivity contribution >= 4 is 0 Å². The molecule has 1 spiro atoms. The molecule has 1 atom stereocenters. The fraction of sp³-hybridized carbons (Fsp3) is 1.00. The maximum atomic E-state index is 5.99. The highest BCUT2D eigenvalue weighted by molar-refractivity contribution is 4.96. The lowest BCUT2D eigenvalue weighted by molar-refractivity contribution is -0.107. The Balaban J connectivity index is 0.000000606. The minimum atomic E-state index is 0.150. The first kappa shape index (κ1) is 13.9. The van der Waals surface area contributed by atoms with Crippen LogP contribution in [-0.4, -0.2) is 61.3 Å². The predicted octanol–water partition coefficient (Wildman–Crippen LogP) is 1.83. The normalized spacial score (nSPS) is 31.9. The van der Waals surface area contributed by atoms with E-state index in [1.54, 1.807) is 0 Å². The molecule has 0 aromatic carbocycles. The van der Waals surface area contributed by atoms with Gasteiger partial charge in [0.1, 0.15) is 0 Å². The molecule has 16 heavy (non-hydrogen) atoms. The van der Waals surface area contributed by atoms with E-state index in [0.717, 1.165) is 26.2 Å². The highest BCUT2D eigenvalue weighted by atomic mass is 16.5. The molecule has 2 saturated heterocycles. The Morgan fingerprint density at radius 2 is 1.81 bits per heavy atom. The summed E-state index contributed by atoms with van der Waals surface area (Å²) in [4.78, 5) is 4.92. The Morgan fingerprint density at radius 3 is 2.31 bits per heavy atom. The Bertz CT molecular complexity index is 204. The average molecular weight is 228 g/mol. The molecular weight excluding hydrogens is 200 g/mol. The third-order valence-corrected chi connectivity index (χ3v) is 3.52. The smallest absolute Gasteiger partial charge is 0.0947 e. The summed E-state index contributed by atoms with van der Waals surface area (Å²) in [6, 6.07) is 0.654. The van der Waals surface area contributed by atoms with Crippen molar-refractivity contribution in [1.29, 1.82) is 0 Å². The molecule has 0 aliphatic carbocycles. The molecule has 0 aromatic heterocycles. The van der Waals surface area contributed by atoms with Gasteiger partial charge in [-0.15, -0.1) is 0 Å². The molecule has 0 amide bonds. The second-order valence-corrected chi connectivity index (χ2v) is 5.08. The summed E-state index contributed by atoms with van der Waals surface area (Å²) in [7, 11) is 2.19. The van der Waals surface area contributed by atoms with Gasteiger partial charge in [-0.3, -0.25) is 4.90 Å². The van der Waals surface area contributed by atoms with Crippen LogP contribution in [0.3, 0.4) is 0 Å². The summed E-state index contributed by atoms with van der Waals surface area (Å²) in [6.07, 6.45) is 1.20. The Hall–Kier alpha value is -0.120. The van der Waals surface area contributed by atoms with Crippen molar-refractivity contribution in [3.63, 3.8) is 0 Å². The molecule has 2 aliphatic rings. The maximum absolute atomic E-state index is 5.99. The van der Waals surface area contributed by atoms with Crippen molar-refractivity contribution in [2.45, 2.75) is 45.8 Å². The van der Waals surface area contributed by atoms with Gasteiger partial charge in [0.2, 0.25) is 0 Å². The van der Waals surface area contributed by atoms with Crippen molar-refractivity contribution in [3.05, 3.63) is 0 Å². The molecule has 0 aromatic rings. The van der Waals surface area contributed by atoms with Gasteiger partial charge in [-0.25, -0.2) is 0 Å². The largest absolute Gasteiger partial charge is 0.371 e. The van der Waals surface area contributed by atoms with Crippen LogP contribution in [0.15, 0.2) is 0 Å². The number of morpholine rings is 1. The van der Waals surface area contributed by atoms with Crippen molar-refractivity contribution in [2.24, 2.45) is 0 Å². The molecule has 3 heteroatoms. The van der Waals surface area contributed by atoms with E-state index in [1.807, 2.05) is 13.8 Å². The second-order valence-electron chi connectivity index (χ2n) is 5.08. The van der Waals surface area contributed by atoms with Crippen LogP contribution in [-0.2, 0) is 4.74 Å². The van der Waals surface area contributed by atoms with Crippen LogP contribution >= 0.6 is 0 Å². The van der Waals surface area contributed by atoms with Gasteiger partial charge in [0.15, 0.2) is 0 Å². The SMILES string of the molecule is CC.CC(C)N1CCOC2(CCN(C)C2)C1. The van der Waals surface area contributed by atoms with E-state index in [4.69, 9.17) is 4.74 Å². The standard InChI is InChI=1S/C11H22N2O.C2H6/c1-10(2)13-6-7-14-11(9-13)4-5-12(3)8-11;1-2/h10H,4-9H2,1-3H3;1-2H3.